The van der Waals surface area contributed by atoms with Crippen LogP contribution in [-0.4, -0.2) is 23.8 Å². The molecule has 0 bridgehead atoms. The second kappa shape index (κ2) is 4.52. The molecule has 1 aliphatic carbocycles. The summed E-state index contributed by atoms with van der Waals surface area (Å²) in [5.41, 5.74) is 0. The van der Waals surface area contributed by atoms with Crippen molar-refractivity contribution in [2.75, 3.05) is 6.61 Å². The van der Waals surface area contributed by atoms with Crippen LogP contribution in [0.5, 0.6) is 0 Å². The minimum absolute atomic E-state index is 0.0955. The van der Waals surface area contributed by atoms with Gasteiger partial charge in [-0.3, -0.25) is 0 Å². The Hall–Kier alpha value is -0.340. The van der Waals surface area contributed by atoms with E-state index >= 15 is 0 Å². The molecule has 0 heterocycles. The van der Waals surface area contributed by atoms with Gasteiger partial charge in [0.05, 0.1) is 6.61 Å². The van der Waals surface area contributed by atoms with E-state index in [-0.39, 0.29) is 12.6 Å². The van der Waals surface area contributed by atoms with E-state index in [0.29, 0.717) is 6.04 Å². The molecular formula is C9H17NO. The van der Waals surface area contributed by atoms with E-state index in [0.717, 1.165) is 0 Å². The molecule has 1 unspecified atom stereocenters. The van der Waals surface area contributed by atoms with Gasteiger partial charge in [-0.2, -0.15) is 0 Å². The second-order valence-electron chi connectivity index (χ2n) is 3.17. The van der Waals surface area contributed by atoms with Gasteiger partial charge < -0.3 is 10.4 Å². The highest BCUT2D eigenvalue weighted by molar-refractivity contribution is 4.88. The molecule has 1 atom stereocenters. The number of aliphatic hydroxyl groups excluding tert-OH is 1. The molecular weight excluding hydrogens is 138 g/mol. The summed E-state index contributed by atoms with van der Waals surface area (Å²) in [7, 11) is 0. The SMILES string of the molecule is C=CC(CO)NC1CCCC1. The van der Waals surface area contributed by atoms with E-state index < -0.39 is 0 Å². The molecule has 1 aliphatic rings. The van der Waals surface area contributed by atoms with E-state index in [2.05, 4.69) is 11.9 Å². The summed E-state index contributed by atoms with van der Waals surface area (Å²) in [6, 6.07) is 0.711. The van der Waals surface area contributed by atoms with E-state index in [1.807, 2.05) is 0 Å². The van der Waals surface area contributed by atoms with Crippen LogP contribution in [-0.2, 0) is 0 Å². The van der Waals surface area contributed by atoms with Crippen molar-refractivity contribution in [3.8, 4) is 0 Å². The fraction of sp³-hybridized carbons (Fsp3) is 0.778. The smallest absolute Gasteiger partial charge is 0.0620 e. The van der Waals surface area contributed by atoms with Crippen molar-refractivity contribution in [2.24, 2.45) is 0 Å². The molecule has 2 nitrogen and oxygen atoms in total. The highest BCUT2D eigenvalue weighted by Gasteiger charge is 2.16. The predicted octanol–water partition coefficient (Wildman–Crippen LogP) is 1.07. The average Bonchev–Trinajstić information content (AvgIpc) is 2.52. The third-order valence-corrected chi connectivity index (χ3v) is 2.29. The lowest BCUT2D eigenvalue weighted by molar-refractivity contribution is 0.254. The van der Waals surface area contributed by atoms with Crippen molar-refractivity contribution in [3.05, 3.63) is 12.7 Å². The minimum atomic E-state index is 0.0955. The van der Waals surface area contributed by atoms with Gasteiger partial charge in [0.1, 0.15) is 0 Å². The Balaban J connectivity index is 2.21. The first-order valence-electron chi connectivity index (χ1n) is 4.36. The van der Waals surface area contributed by atoms with Crippen LogP contribution in [0.15, 0.2) is 12.7 Å². The van der Waals surface area contributed by atoms with Crippen molar-refractivity contribution in [1.29, 1.82) is 0 Å². The molecule has 2 heteroatoms. The lowest BCUT2D eigenvalue weighted by atomic mass is 10.2. The van der Waals surface area contributed by atoms with Crippen molar-refractivity contribution < 1.29 is 5.11 Å². The highest BCUT2D eigenvalue weighted by atomic mass is 16.3. The summed E-state index contributed by atoms with van der Waals surface area (Å²) in [6.45, 7) is 3.82. The monoisotopic (exact) mass is 155 g/mol. The maximum atomic E-state index is 8.85. The zero-order valence-electron chi connectivity index (χ0n) is 6.92. The van der Waals surface area contributed by atoms with Crippen LogP contribution in [0.1, 0.15) is 25.7 Å². The molecule has 1 fully saturated rings. The van der Waals surface area contributed by atoms with Crippen LogP contribution in [0.25, 0.3) is 0 Å². The van der Waals surface area contributed by atoms with Crippen LogP contribution in [0, 0.1) is 0 Å². The van der Waals surface area contributed by atoms with E-state index in [1.54, 1.807) is 6.08 Å². The van der Waals surface area contributed by atoms with Crippen molar-refractivity contribution >= 4 is 0 Å². The van der Waals surface area contributed by atoms with Crippen LogP contribution in [0.3, 0.4) is 0 Å². The number of nitrogens with one attached hydrogen (secondary N) is 1. The van der Waals surface area contributed by atoms with Crippen molar-refractivity contribution in [1.82, 2.24) is 5.32 Å². The second-order valence-corrected chi connectivity index (χ2v) is 3.17. The maximum Gasteiger partial charge on any atom is 0.0620 e. The summed E-state index contributed by atoms with van der Waals surface area (Å²) in [6.07, 6.45) is 6.94. The topological polar surface area (TPSA) is 32.3 Å². The molecule has 0 aromatic rings. The van der Waals surface area contributed by atoms with Gasteiger partial charge >= 0.3 is 0 Å². The quantitative estimate of drug-likeness (QED) is 0.595. The molecule has 1 saturated carbocycles. The molecule has 0 saturated heterocycles. The first-order chi connectivity index (χ1) is 5.36. The van der Waals surface area contributed by atoms with Gasteiger partial charge in [0, 0.05) is 12.1 Å². The predicted molar refractivity (Wildman–Crippen MR) is 46.5 cm³/mol. The molecule has 0 radical (unpaired) electrons. The van der Waals surface area contributed by atoms with Crippen molar-refractivity contribution in [2.45, 2.75) is 37.8 Å². The normalized spacial score (nSPS) is 21.9. The third-order valence-electron chi connectivity index (χ3n) is 2.29. The van der Waals surface area contributed by atoms with Crippen LogP contribution in [0.4, 0.5) is 0 Å². The number of hydrogen-bond donors (Lipinski definition) is 2. The molecule has 0 aromatic heterocycles. The van der Waals surface area contributed by atoms with Gasteiger partial charge in [-0.05, 0) is 12.8 Å². The van der Waals surface area contributed by atoms with Crippen molar-refractivity contribution in [3.63, 3.8) is 0 Å². The summed E-state index contributed by atoms with van der Waals surface area (Å²) in [5, 5.41) is 12.2. The van der Waals surface area contributed by atoms with Gasteiger partial charge in [0.15, 0.2) is 0 Å². The molecule has 0 spiro atoms. The van der Waals surface area contributed by atoms with E-state index in [1.165, 1.54) is 25.7 Å². The fourth-order valence-corrected chi connectivity index (χ4v) is 1.59. The largest absolute Gasteiger partial charge is 0.394 e. The Bertz CT molecular complexity index is 119. The van der Waals surface area contributed by atoms with Gasteiger partial charge in [-0.15, -0.1) is 6.58 Å². The van der Waals surface area contributed by atoms with Gasteiger partial charge in [0.2, 0.25) is 0 Å². The Labute approximate surface area is 68.3 Å². The number of aliphatic hydroxyl groups is 1. The first kappa shape index (κ1) is 8.75. The number of hydrogen-bond acceptors (Lipinski definition) is 2. The minimum Gasteiger partial charge on any atom is -0.394 e. The van der Waals surface area contributed by atoms with Crippen LogP contribution < -0.4 is 5.32 Å². The molecule has 2 N–H and O–H groups in total. The number of rotatable bonds is 4. The van der Waals surface area contributed by atoms with Gasteiger partial charge in [-0.25, -0.2) is 0 Å². The Morgan fingerprint density at radius 1 is 1.55 bits per heavy atom. The standard InChI is InChI=1S/C9H17NO/c1-2-8(7-11)10-9-5-3-4-6-9/h2,8-11H,1,3-7H2. The van der Waals surface area contributed by atoms with E-state index in [4.69, 9.17) is 5.11 Å². The summed E-state index contributed by atoms with van der Waals surface area (Å²) < 4.78 is 0. The Morgan fingerprint density at radius 2 is 2.18 bits per heavy atom. The summed E-state index contributed by atoms with van der Waals surface area (Å²) in [4.78, 5) is 0. The molecule has 1 rings (SSSR count). The van der Waals surface area contributed by atoms with E-state index in [9.17, 15) is 0 Å². The Kier molecular flexibility index (Phi) is 3.60. The van der Waals surface area contributed by atoms with Gasteiger partial charge in [0.25, 0.3) is 0 Å². The highest BCUT2D eigenvalue weighted by Crippen LogP contribution is 2.17. The van der Waals surface area contributed by atoms with Crippen LogP contribution in [0.2, 0.25) is 0 Å². The summed E-state index contributed by atoms with van der Waals surface area (Å²) in [5.74, 6) is 0. The lowest BCUT2D eigenvalue weighted by Gasteiger charge is -2.17. The van der Waals surface area contributed by atoms with Gasteiger partial charge in [-0.1, -0.05) is 18.9 Å². The summed E-state index contributed by atoms with van der Waals surface area (Å²) >= 11 is 0. The Morgan fingerprint density at radius 3 is 2.64 bits per heavy atom. The fourth-order valence-electron chi connectivity index (χ4n) is 1.59. The maximum absolute atomic E-state index is 8.85. The lowest BCUT2D eigenvalue weighted by Crippen LogP contribution is -2.37. The van der Waals surface area contributed by atoms with Crippen LogP contribution >= 0.6 is 0 Å². The molecule has 64 valence electrons. The molecule has 0 aromatic carbocycles. The first-order valence-corrected chi connectivity index (χ1v) is 4.36. The average molecular weight is 155 g/mol. The molecule has 0 aliphatic heterocycles. The third kappa shape index (κ3) is 2.64. The zero-order valence-corrected chi connectivity index (χ0v) is 6.92. The molecule has 11 heavy (non-hydrogen) atoms. The molecule has 0 amide bonds. The zero-order chi connectivity index (χ0) is 8.10.